The fourth-order valence-electron chi connectivity index (χ4n) is 4.23. The first kappa shape index (κ1) is 21.6. The van der Waals surface area contributed by atoms with E-state index in [4.69, 9.17) is 5.73 Å². The number of nitrogens with zero attached hydrogens (tertiary/aromatic N) is 1. The van der Waals surface area contributed by atoms with Crippen LogP contribution < -0.4 is 11.1 Å². The summed E-state index contributed by atoms with van der Waals surface area (Å²) in [6, 6.07) is 24.2. The molecule has 32 heavy (non-hydrogen) atoms. The molecule has 0 saturated carbocycles. The van der Waals surface area contributed by atoms with Gasteiger partial charge in [0.1, 0.15) is 5.60 Å². The minimum absolute atomic E-state index is 0.200. The van der Waals surface area contributed by atoms with Crippen LogP contribution in [0.5, 0.6) is 0 Å². The summed E-state index contributed by atoms with van der Waals surface area (Å²) in [6.45, 7) is 0.890. The van der Waals surface area contributed by atoms with Gasteiger partial charge < -0.3 is 21.1 Å². The molecule has 1 unspecified atom stereocenters. The van der Waals surface area contributed by atoms with Crippen molar-refractivity contribution in [1.29, 1.82) is 0 Å². The zero-order chi connectivity index (χ0) is 22.6. The van der Waals surface area contributed by atoms with Crippen molar-refractivity contribution in [3.8, 4) is 0 Å². The van der Waals surface area contributed by atoms with E-state index in [1.54, 1.807) is 29.2 Å². The Morgan fingerprint density at radius 3 is 2.34 bits per heavy atom. The van der Waals surface area contributed by atoms with Gasteiger partial charge in [0.25, 0.3) is 0 Å². The lowest BCUT2D eigenvalue weighted by Crippen LogP contribution is -2.46. The zero-order valence-electron chi connectivity index (χ0n) is 17.8. The van der Waals surface area contributed by atoms with E-state index in [0.29, 0.717) is 25.1 Å². The largest absolute Gasteiger partial charge is 0.383 e. The maximum absolute atomic E-state index is 13.2. The molecule has 0 spiro atoms. The zero-order valence-corrected chi connectivity index (χ0v) is 17.8. The maximum Gasteiger partial charge on any atom is 0.318 e. The van der Waals surface area contributed by atoms with Gasteiger partial charge in [-0.1, -0.05) is 66.7 Å². The number of hydrogen-bond acceptors (Lipinski definition) is 3. The molecule has 1 atom stereocenters. The second-order valence-electron chi connectivity index (χ2n) is 8.25. The number of amides is 3. The molecular weight excluding hydrogens is 402 g/mol. The Labute approximate surface area is 187 Å². The SMILES string of the molecule is NC(=O)c1ccc(CNC(=O)N(Cc2ccccc2)CC2(O)CCc3ccccc32)cc1. The van der Waals surface area contributed by atoms with Crippen molar-refractivity contribution in [2.75, 3.05) is 6.54 Å². The molecule has 3 aromatic carbocycles. The van der Waals surface area contributed by atoms with Crippen LogP contribution in [0.1, 0.15) is 39.0 Å². The number of urea groups is 1. The van der Waals surface area contributed by atoms with E-state index in [1.807, 2.05) is 54.6 Å². The molecule has 164 valence electrons. The number of nitrogens with one attached hydrogen (secondary N) is 1. The van der Waals surface area contributed by atoms with Gasteiger partial charge in [-0.2, -0.15) is 0 Å². The molecule has 0 saturated heterocycles. The van der Waals surface area contributed by atoms with Gasteiger partial charge in [-0.3, -0.25) is 4.79 Å². The van der Waals surface area contributed by atoms with Gasteiger partial charge in [0.15, 0.2) is 0 Å². The first-order valence-corrected chi connectivity index (χ1v) is 10.7. The number of aliphatic hydroxyl groups is 1. The molecule has 1 aliphatic carbocycles. The van der Waals surface area contributed by atoms with Crippen LogP contribution in [0.3, 0.4) is 0 Å². The highest BCUT2D eigenvalue weighted by molar-refractivity contribution is 5.92. The second-order valence-corrected chi connectivity index (χ2v) is 8.25. The highest BCUT2D eigenvalue weighted by atomic mass is 16.3. The molecule has 0 radical (unpaired) electrons. The van der Waals surface area contributed by atoms with E-state index >= 15 is 0 Å². The van der Waals surface area contributed by atoms with Gasteiger partial charge in [0.2, 0.25) is 5.91 Å². The van der Waals surface area contributed by atoms with Crippen molar-refractivity contribution in [3.05, 3.63) is 107 Å². The van der Waals surface area contributed by atoms with E-state index in [9.17, 15) is 14.7 Å². The minimum Gasteiger partial charge on any atom is -0.383 e. The number of hydrogen-bond donors (Lipinski definition) is 3. The number of aryl methyl sites for hydroxylation is 1. The van der Waals surface area contributed by atoms with Gasteiger partial charge in [0.05, 0.1) is 6.54 Å². The Kier molecular flexibility index (Phi) is 6.23. The van der Waals surface area contributed by atoms with Crippen molar-refractivity contribution in [1.82, 2.24) is 10.2 Å². The topological polar surface area (TPSA) is 95.7 Å². The van der Waals surface area contributed by atoms with Crippen molar-refractivity contribution in [2.24, 2.45) is 5.73 Å². The summed E-state index contributed by atoms with van der Waals surface area (Å²) in [4.78, 5) is 26.1. The van der Waals surface area contributed by atoms with Gasteiger partial charge in [-0.25, -0.2) is 4.79 Å². The number of carbonyl (C=O) groups is 2. The summed E-state index contributed by atoms with van der Waals surface area (Å²) < 4.78 is 0. The summed E-state index contributed by atoms with van der Waals surface area (Å²) in [7, 11) is 0. The van der Waals surface area contributed by atoms with E-state index < -0.39 is 11.5 Å². The molecule has 4 rings (SSSR count). The van der Waals surface area contributed by atoms with Gasteiger partial charge in [-0.05, 0) is 47.2 Å². The van der Waals surface area contributed by atoms with E-state index in [-0.39, 0.29) is 12.6 Å². The third kappa shape index (κ3) is 4.81. The summed E-state index contributed by atoms with van der Waals surface area (Å²) in [5.74, 6) is -0.486. The van der Waals surface area contributed by atoms with Crippen LogP contribution in [0.25, 0.3) is 0 Å². The predicted octanol–water partition coefficient (Wildman–Crippen LogP) is 3.33. The third-order valence-electron chi connectivity index (χ3n) is 5.96. The number of primary amides is 1. The Morgan fingerprint density at radius 2 is 1.62 bits per heavy atom. The van der Waals surface area contributed by atoms with Crippen molar-refractivity contribution >= 4 is 11.9 Å². The summed E-state index contributed by atoms with van der Waals surface area (Å²) in [5.41, 5.74) is 8.50. The lowest BCUT2D eigenvalue weighted by atomic mass is 9.95. The predicted molar refractivity (Wildman–Crippen MR) is 123 cm³/mol. The van der Waals surface area contributed by atoms with Crippen LogP contribution in [0.2, 0.25) is 0 Å². The first-order chi connectivity index (χ1) is 15.4. The number of fused-ring (bicyclic) bond motifs is 1. The molecule has 1 aliphatic rings. The van der Waals surface area contributed by atoms with Crippen molar-refractivity contribution in [3.63, 3.8) is 0 Å². The molecule has 0 aliphatic heterocycles. The second kappa shape index (κ2) is 9.24. The molecule has 4 N–H and O–H groups in total. The molecule has 0 heterocycles. The number of rotatable bonds is 7. The van der Waals surface area contributed by atoms with Crippen molar-refractivity contribution in [2.45, 2.75) is 31.5 Å². The fourth-order valence-corrected chi connectivity index (χ4v) is 4.23. The normalized spacial score (nSPS) is 16.9. The number of carbonyl (C=O) groups excluding carboxylic acids is 2. The molecule has 3 aromatic rings. The van der Waals surface area contributed by atoms with Gasteiger partial charge >= 0.3 is 6.03 Å². The Morgan fingerprint density at radius 1 is 0.938 bits per heavy atom. The Bertz CT molecular complexity index is 1100. The Hall–Kier alpha value is -3.64. The maximum atomic E-state index is 13.2. The summed E-state index contributed by atoms with van der Waals surface area (Å²) in [5, 5.41) is 14.4. The average Bonchev–Trinajstić information content (AvgIpc) is 3.14. The van der Waals surface area contributed by atoms with Crippen molar-refractivity contribution < 1.29 is 14.7 Å². The monoisotopic (exact) mass is 429 g/mol. The highest BCUT2D eigenvalue weighted by Gasteiger charge is 2.39. The van der Waals surface area contributed by atoms with Crippen LogP contribution in [0.4, 0.5) is 4.79 Å². The summed E-state index contributed by atoms with van der Waals surface area (Å²) in [6.07, 6.45) is 1.37. The lowest BCUT2D eigenvalue weighted by Gasteiger charge is -2.32. The number of benzene rings is 3. The molecular formula is C26H27N3O3. The Balaban J connectivity index is 1.50. The lowest BCUT2D eigenvalue weighted by molar-refractivity contribution is 0.00876. The molecule has 6 nitrogen and oxygen atoms in total. The van der Waals surface area contributed by atoms with Crippen LogP contribution in [0.15, 0.2) is 78.9 Å². The number of nitrogens with two attached hydrogens (primary N) is 1. The van der Waals surface area contributed by atoms with Crippen LogP contribution in [0, 0.1) is 0 Å². The summed E-state index contributed by atoms with van der Waals surface area (Å²) >= 11 is 0. The minimum atomic E-state index is -1.08. The van der Waals surface area contributed by atoms with Crippen LogP contribution in [-0.2, 0) is 25.1 Å². The standard InChI is InChI=1S/C26H27N3O3/c27-24(30)22-12-10-19(11-13-22)16-28-25(31)29(17-20-6-2-1-3-7-20)18-26(32)15-14-21-8-4-5-9-23(21)26/h1-13,32H,14-18H2,(H2,27,30)(H,28,31). The van der Waals surface area contributed by atoms with Gasteiger partial charge in [-0.15, -0.1) is 0 Å². The molecule has 0 fully saturated rings. The fraction of sp³-hybridized carbons (Fsp3) is 0.231. The van der Waals surface area contributed by atoms with Gasteiger partial charge in [0, 0.05) is 18.7 Å². The first-order valence-electron chi connectivity index (χ1n) is 10.7. The van der Waals surface area contributed by atoms with E-state index in [1.165, 1.54) is 0 Å². The van der Waals surface area contributed by atoms with E-state index in [2.05, 4.69) is 5.32 Å². The molecule has 0 bridgehead atoms. The molecule has 6 heteroatoms. The third-order valence-corrected chi connectivity index (χ3v) is 5.96. The highest BCUT2D eigenvalue weighted by Crippen LogP contribution is 2.37. The van der Waals surface area contributed by atoms with E-state index in [0.717, 1.165) is 28.7 Å². The quantitative estimate of drug-likeness (QED) is 0.538. The molecule has 3 amide bonds. The van der Waals surface area contributed by atoms with Crippen LogP contribution >= 0.6 is 0 Å². The molecule has 0 aromatic heterocycles. The average molecular weight is 430 g/mol. The van der Waals surface area contributed by atoms with Crippen LogP contribution in [-0.4, -0.2) is 28.5 Å². The smallest absolute Gasteiger partial charge is 0.318 e.